The smallest absolute Gasteiger partial charge is 0.308 e. The van der Waals surface area contributed by atoms with Crippen molar-refractivity contribution >= 4 is 17.7 Å². The highest BCUT2D eigenvalue weighted by Crippen LogP contribution is 2.41. The molecule has 1 atom stereocenters. The lowest BCUT2D eigenvalue weighted by Crippen LogP contribution is -2.33. The molecular weight excluding hydrogens is 334 g/mol. The lowest BCUT2D eigenvalue weighted by Gasteiger charge is -2.28. The first-order valence-electron chi connectivity index (χ1n) is 8.65. The van der Waals surface area contributed by atoms with Gasteiger partial charge in [0.05, 0.1) is 11.6 Å². The van der Waals surface area contributed by atoms with E-state index in [2.05, 4.69) is 0 Å². The van der Waals surface area contributed by atoms with Crippen LogP contribution in [-0.2, 0) is 14.4 Å². The minimum atomic E-state index is -0.752. The van der Waals surface area contributed by atoms with Crippen molar-refractivity contribution < 1.29 is 24.2 Å². The number of benzene rings is 1. The van der Waals surface area contributed by atoms with E-state index in [4.69, 9.17) is 4.74 Å². The van der Waals surface area contributed by atoms with E-state index in [-0.39, 0.29) is 11.4 Å². The third-order valence-electron chi connectivity index (χ3n) is 4.13. The number of hydrogen-bond acceptors (Lipinski definition) is 5. The molecule has 0 fully saturated rings. The molecule has 1 aromatic carbocycles. The summed E-state index contributed by atoms with van der Waals surface area (Å²) in [7, 11) is 0. The van der Waals surface area contributed by atoms with Crippen LogP contribution in [0.25, 0.3) is 0 Å². The number of rotatable bonds is 5. The Morgan fingerprint density at radius 1 is 1.27 bits per heavy atom. The zero-order valence-corrected chi connectivity index (χ0v) is 15.8. The van der Waals surface area contributed by atoms with E-state index in [1.54, 1.807) is 45.0 Å². The number of esters is 1. The SMILES string of the molecule is CCCN1C(=O)C(O)=C(C(=O)C(C)(C)C)C1c1cccc(OC(C)=O)c1. The van der Waals surface area contributed by atoms with Gasteiger partial charge in [-0.25, -0.2) is 0 Å². The van der Waals surface area contributed by atoms with E-state index in [0.717, 1.165) is 0 Å². The van der Waals surface area contributed by atoms with Crippen molar-refractivity contribution in [2.75, 3.05) is 6.54 Å². The average Bonchev–Trinajstić information content (AvgIpc) is 2.78. The first kappa shape index (κ1) is 19.7. The summed E-state index contributed by atoms with van der Waals surface area (Å²) < 4.78 is 5.12. The monoisotopic (exact) mass is 359 g/mol. The Kier molecular flexibility index (Phi) is 5.54. The summed E-state index contributed by atoms with van der Waals surface area (Å²) >= 11 is 0. The van der Waals surface area contributed by atoms with Gasteiger partial charge in [0.1, 0.15) is 5.75 Å². The minimum Gasteiger partial charge on any atom is -0.503 e. The van der Waals surface area contributed by atoms with Gasteiger partial charge in [-0.3, -0.25) is 14.4 Å². The van der Waals surface area contributed by atoms with Gasteiger partial charge in [-0.2, -0.15) is 0 Å². The van der Waals surface area contributed by atoms with Crippen LogP contribution in [0.2, 0.25) is 0 Å². The van der Waals surface area contributed by atoms with Crippen LogP contribution in [0.1, 0.15) is 52.6 Å². The summed E-state index contributed by atoms with van der Waals surface area (Å²) in [4.78, 5) is 38.2. The molecular formula is C20H25NO5. The molecule has 1 aliphatic rings. The highest BCUT2D eigenvalue weighted by atomic mass is 16.5. The van der Waals surface area contributed by atoms with Gasteiger partial charge < -0.3 is 14.7 Å². The van der Waals surface area contributed by atoms with Crippen LogP contribution in [0.4, 0.5) is 0 Å². The van der Waals surface area contributed by atoms with Crippen LogP contribution in [0.5, 0.6) is 5.75 Å². The fourth-order valence-electron chi connectivity index (χ4n) is 3.02. The predicted molar refractivity (Wildman–Crippen MR) is 96.6 cm³/mol. The molecule has 0 aliphatic carbocycles. The van der Waals surface area contributed by atoms with E-state index in [1.807, 2.05) is 6.92 Å². The lowest BCUT2D eigenvalue weighted by molar-refractivity contribution is -0.132. The Bertz CT molecular complexity index is 773. The molecule has 26 heavy (non-hydrogen) atoms. The summed E-state index contributed by atoms with van der Waals surface area (Å²) in [5.41, 5.74) is -0.0458. The Morgan fingerprint density at radius 3 is 2.46 bits per heavy atom. The number of ether oxygens (including phenoxy) is 1. The van der Waals surface area contributed by atoms with Crippen LogP contribution in [0.3, 0.4) is 0 Å². The maximum atomic E-state index is 12.9. The van der Waals surface area contributed by atoms with Gasteiger partial charge in [0.15, 0.2) is 11.5 Å². The zero-order chi connectivity index (χ0) is 19.6. The molecule has 2 rings (SSSR count). The summed E-state index contributed by atoms with van der Waals surface area (Å²) in [6.45, 7) is 8.85. The molecule has 1 heterocycles. The van der Waals surface area contributed by atoms with Gasteiger partial charge in [0.2, 0.25) is 0 Å². The fraction of sp³-hybridized carbons (Fsp3) is 0.450. The standard InChI is InChI=1S/C20H25NO5/c1-6-10-21-16(13-8-7-9-14(11-13)26-12(2)22)15(17(23)19(21)25)18(24)20(3,4)5/h7-9,11,16,23H,6,10H2,1-5H3. The van der Waals surface area contributed by atoms with Gasteiger partial charge in [-0.1, -0.05) is 39.8 Å². The van der Waals surface area contributed by atoms with Gasteiger partial charge in [0.25, 0.3) is 5.91 Å². The van der Waals surface area contributed by atoms with E-state index in [0.29, 0.717) is 24.3 Å². The summed E-state index contributed by atoms with van der Waals surface area (Å²) in [5, 5.41) is 10.4. The minimum absolute atomic E-state index is 0.0934. The second kappa shape index (κ2) is 7.32. The van der Waals surface area contributed by atoms with Crippen molar-refractivity contribution in [3.05, 3.63) is 41.2 Å². The van der Waals surface area contributed by atoms with Crippen LogP contribution in [0.15, 0.2) is 35.6 Å². The number of ketones is 1. The Balaban J connectivity index is 2.57. The fourth-order valence-corrected chi connectivity index (χ4v) is 3.02. The van der Waals surface area contributed by atoms with Crippen molar-refractivity contribution in [3.8, 4) is 5.75 Å². The third-order valence-corrected chi connectivity index (χ3v) is 4.13. The maximum absolute atomic E-state index is 12.9. The number of nitrogens with zero attached hydrogens (tertiary/aromatic N) is 1. The topological polar surface area (TPSA) is 83.9 Å². The van der Waals surface area contributed by atoms with Crippen molar-refractivity contribution in [2.24, 2.45) is 5.41 Å². The van der Waals surface area contributed by atoms with Crippen molar-refractivity contribution in [2.45, 2.75) is 47.1 Å². The quantitative estimate of drug-likeness (QED) is 0.644. The van der Waals surface area contributed by atoms with Gasteiger partial charge >= 0.3 is 5.97 Å². The van der Waals surface area contributed by atoms with Gasteiger partial charge in [-0.05, 0) is 24.1 Å². The Hall–Kier alpha value is -2.63. The first-order chi connectivity index (χ1) is 12.1. The molecule has 1 unspecified atom stereocenters. The average molecular weight is 359 g/mol. The van der Waals surface area contributed by atoms with Crippen LogP contribution in [0, 0.1) is 5.41 Å². The Morgan fingerprint density at radius 2 is 1.92 bits per heavy atom. The highest BCUT2D eigenvalue weighted by molar-refractivity contribution is 6.10. The normalized spacial score (nSPS) is 17.7. The van der Waals surface area contributed by atoms with Crippen molar-refractivity contribution in [1.29, 1.82) is 0 Å². The number of hydrogen-bond donors (Lipinski definition) is 1. The molecule has 140 valence electrons. The number of Topliss-reactive ketones (excluding diaryl/α,β-unsaturated/α-hetero) is 1. The summed E-state index contributed by atoms with van der Waals surface area (Å²) in [6.07, 6.45) is 0.677. The molecule has 1 aromatic rings. The molecule has 0 radical (unpaired) electrons. The second-order valence-electron chi connectivity index (χ2n) is 7.41. The van der Waals surface area contributed by atoms with Crippen LogP contribution < -0.4 is 4.74 Å². The molecule has 0 saturated heterocycles. The molecule has 1 amide bonds. The Labute approximate surface area is 153 Å². The highest BCUT2D eigenvalue weighted by Gasteiger charge is 2.45. The molecule has 6 heteroatoms. The van der Waals surface area contributed by atoms with Gasteiger partial charge in [-0.15, -0.1) is 0 Å². The molecule has 0 saturated carbocycles. The van der Waals surface area contributed by atoms with E-state index in [1.165, 1.54) is 11.8 Å². The summed E-state index contributed by atoms with van der Waals surface area (Å²) in [6, 6.07) is 5.99. The van der Waals surface area contributed by atoms with Crippen molar-refractivity contribution in [1.82, 2.24) is 4.90 Å². The first-order valence-corrected chi connectivity index (χ1v) is 8.65. The molecule has 0 aromatic heterocycles. The molecule has 1 aliphatic heterocycles. The predicted octanol–water partition coefficient (Wildman–Crippen LogP) is 3.33. The second-order valence-corrected chi connectivity index (χ2v) is 7.41. The largest absolute Gasteiger partial charge is 0.503 e. The zero-order valence-electron chi connectivity index (χ0n) is 15.8. The van der Waals surface area contributed by atoms with Crippen LogP contribution >= 0.6 is 0 Å². The molecule has 1 N–H and O–H groups in total. The number of aliphatic hydroxyl groups is 1. The van der Waals surface area contributed by atoms with E-state index in [9.17, 15) is 19.5 Å². The number of aliphatic hydroxyl groups excluding tert-OH is 1. The number of amides is 1. The third kappa shape index (κ3) is 3.79. The molecule has 6 nitrogen and oxygen atoms in total. The van der Waals surface area contributed by atoms with E-state index >= 15 is 0 Å². The van der Waals surface area contributed by atoms with Gasteiger partial charge in [0, 0.05) is 18.9 Å². The summed E-state index contributed by atoms with van der Waals surface area (Å²) in [5.74, 6) is -1.47. The molecule has 0 bridgehead atoms. The van der Waals surface area contributed by atoms with Crippen molar-refractivity contribution in [3.63, 3.8) is 0 Å². The molecule has 0 spiro atoms. The van der Waals surface area contributed by atoms with Crippen LogP contribution in [-0.4, -0.2) is 34.2 Å². The number of carbonyl (C=O) groups excluding carboxylic acids is 3. The van der Waals surface area contributed by atoms with E-state index < -0.39 is 29.1 Å². The lowest BCUT2D eigenvalue weighted by atomic mass is 9.82. The maximum Gasteiger partial charge on any atom is 0.308 e. The number of carbonyl (C=O) groups is 3.